The predicted octanol–water partition coefficient (Wildman–Crippen LogP) is 4.43. The highest BCUT2D eigenvalue weighted by Gasteiger charge is 2.27. The Kier molecular flexibility index (Phi) is 4.62. The molecular weight excluding hydrogens is 370 g/mol. The Morgan fingerprint density at radius 1 is 1.18 bits per heavy atom. The summed E-state index contributed by atoms with van der Waals surface area (Å²) in [4.78, 5) is 12.5. The van der Waals surface area contributed by atoms with E-state index in [1.807, 2.05) is 24.6 Å². The van der Waals surface area contributed by atoms with Gasteiger partial charge < -0.3 is 4.42 Å². The van der Waals surface area contributed by atoms with Crippen molar-refractivity contribution in [2.75, 3.05) is 13.1 Å². The molecule has 4 heterocycles. The van der Waals surface area contributed by atoms with E-state index in [4.69, 9.17) is 9.40 Å². The van der Waals surface area contributed by atoms with Crippen LogP contribution in [0.1, 0.15) is 36.0 Å². The molecule has 1 atom stereocenters. The molecule has 7 heteroatoms. The van der Waals surface area contributed by atoms with Gasteiger partial charge in [0.15, 0.2) is 0 Å². The third kappa shape index (κ3) is 3.43. The number of thiazole rings is 1. The van der Waals surface area contributed by atoms with Crippen LogP contribution in [0.15, 0.2) is 46.3 Å². The third-order valence-corrected chi connectivity index (χ3v) is 6.19. The van der Waals surface area contributed by atoms with Gasteiger partial charge in [-0.25, -0.2) is 4.98 Å². The maximum Gasteiger partial charge on any atom is 0.259 e. The molecule has 142 valence electrons. The number of aromatic nitrogens is 4. The van der Waals surface area contributed by atoms with Crippen molar-refractivity contribution in [3.05, 3.63) is 59.2 Å². The SMILES string of the molecule is Cc1ncsc1-c1nnc(C2CCCN(Cc3ccc4ccccc4n3)C2)o1. The number of aryl methyl sites for hydroxylation is 1. The van der Waals surface area contributed by atoms with Crippen LogP contribution in [0.2, 0.25) is 0 Å². The zero-order valence-corrected chi connectivity index (χ0v) is 16.5. The Balaban J connectivity index is 1.31. The number of likely N-dealkylation sites (tertiary alicyclic amines) is 1. The van der Waals surface area contributed by atoms with Crippen LogP contribution in [0.25, 0.3) is 21.7 Å². The van der Waals surface area contributed by atoms with E-state index >= 15 is 0 Å². The van der Waals surface area contributed by atoms with Crippen LogP contribution in [0.5, 0.6) is 0 Å². The van der Waals surface area contributed by atoms with E-state index < -0.39 is 0 Å². The fourth-order valence-electron chi connectivity index (χ4n) is 3.82. The Labute approximate surface area is 167 Å². The summed E-state index contributed by atoms with van der Waals surface area (Å²) in [6.45, 7) is 4.79. The standard InChI is InChI=1S/C21H21N5OS/c1-14-19(28-13-22-14)21-25-24-20(27-21)16-6-4-10-26(11-16)12-17-9-8-15-5-2-3-7-18(15)23-17/h2-3,5,7-9,13,16H,4,6,10-12H2,1H3. The van der Waals surface area contributed by atoms with Crippen LogP contribution in [0.4, 0.5) is 0 Å². The first kappa shape index (κ1) is 17.5. The summed E-state index contributed by atoms with van der Waals surface area (Å²) in [5.74, 6) is 1.59. The van der Waals surface area contributed by atoms with Crippen LogP contribution < -0.4 is 0 Å². The van der Waals surface area contributed by atoms with Gasteiger partial charge in [0.1, 0.15) is 4.88 Å². The third-order valence-electron chi connectivity index (χ3n) is 5.28. The summed E-state index contributed by atoms with van der Waals surface area (Å²) in [6, 6.07) is 12.5. The van der Waals surface area contributed by atoms with Gasteiger partial charge in [0.25, 0.3) is 5.89 Å². The van der Waals surface area contributed by atoms with Gasteiger partial charge in [-0.1, -0.05) is 24.3 Å². The zero-order chi connectivity index (χ0) is 18.9. The molecule has 1 fully saturated rings. The molecule has 6 nitrogen and oxygen atoms in total. The Bertz CT molecular complexity index is 1100. The van der Waals surface area contributed by atoms with Gasteiger partial charge in [0.2, 0.25) is 5.89 Å². The smallest absolute Gasteiger partial charge is 0.259 e. The summed E-state index contributed by atoms with van der Waals surface area (Å²) >= 11 is 1.54. The molecule has 0 spiro atoms. The van der Waals surface area contributed by atoms with Gasteiger partial charge in [-0.2, -0.15) is 0 Å². The molecule has 1 aliphatic heterocycles. The average Bonchev–Trinajstić information content (AvgIpc) is 3.37. The topological polar surface area (TPSA) is 67.9 Å². The largest absolute Gasteiger partial charge is 0.419 e. The zero-order valence-electron chi connectivity index (χ0n) is 15.7. The van der Waals surface area contributed by atoms with E-state index in [1.165, 1.54) is 16.7 Å². The highest BCUT2D eigenvalue weighted by molar-refractivity contribution is 7.13. The van der Waals surface area contributed by atoms with Crippen molar-refractivity contribution in [1.29, 1.82) is 0 Å². The van der Waals surface area contributed by atoms with E-state index in [1.54, 1.807) is 0 Å². The lowest BCUT2D eigenvalue weighted by Gasteiger charge is -2.30. The summed E-state index contributed by atoms with van der Waals surface area (Å²) in [5.41, 5.74) is 4.90. The summed E-state index contributed by atoms with van der Waals surface area (Å²) in [5, 5.41) is 9.78. The molecule has 1 aliphatic rings. The molecule has 0 N–H and O–H groups in total. The monoisotopic (exact) mass is 391 g/mol. The lowest BCUT2D eigenvalue weighted by molar-refractivity contribution is 0.185. The fourth-order valence-corrected chi connectivity index (χ4v) is 4.55. The molecule has 4 aromatic rings. The number of fused-ring (bicyclic) bond motifs is 1. The van der Waals surface area contributed by atoms with Crippen molar-refractivity contribution < 1.29 is 4.42 Å². The summed E-state index contributed by atoms with van der Waals surface area (Å²) in [6.07, 6.45) is 2.19. The van der Waals surface area contributed by atoms with E-state index in [0.29, 0.717) is 5.89 Å². The minimum Gasteiger partial charge on any atom is -0.419 e. The van der Waals surface area contributed by atoms with E-state index in [-0.39, 0.29) is 5.92 Å². The molecule has 1 aromatic carbocycles. The molecule has 5 rings (SSSR count). The van der Waals surface area contributed by atoms with Crippen molar-refractivity contribution >= 4 is 22.2 Å². The highest BCUT2D eigenvalue weighted by Crippen LogP contribution is 2.31. The molecule has 0 bridgehead atoms. The van der Waals surface area contributed by atoms with Crippen LogP contribution >= 0.6 is 11.3 Å². The lowest BCUT2D eigenvalue weighted by atomic mass is 9.98. The number of piperidine rings is 1. The van der Waals surface area contributed by atoms with Gasteiger partial charge in [-0.05, 0) is 38.4 Å². The number of nitrogens with zero attached hydrogens (tertiary/aromatic N) is 5. The molecule has 1 saturated heterocycles. The Morgan fingerprint density at radius 3 is 3.00 bits per heavy atom. The van der Waals surface area contributed by atoms with Gasteiger partial charge in [-0.15, -0.1) is 21.5 Å². The first-order valence-corrected chi connectivity index (χ1v) is 10.4. The normalized spacial score (nSPS) is 18.0. The first-order chi connectivity index (χ1) is 13.8. The number of para-hydroxylation sites is 1. The second kappa shape index (κ2) is 7.41. The Morgan fingerprint density at radius 2 is 2.11 bits per heavy atom. The van der Waals surface area contributed by atoms with Crippen molar-refractivity contribution in [3.63, 3.8) is 0 Å². The van der Waals surface area contributed by atoms with Crippen LogP contribution in [-0.4, -0.2) is 38.2 Å². The van der Waals surface area contributed by atoms with Gasteiger partial charge in [0, 0.05) is 18.5 Å². The number of pyridine rings is 1. The van der Waals surface area contributed by atoms with E-state index in [0.717, 1.165) is 60.1 Å². The van der Waals surface area contributed by atoms with Crippen LogP contribution in [0, 0.1) is 6.92 Å². The summed E-state index contributed by atoms with van der Waals surface area (Å²) < 4.78 is 6.01. The maximum absolute atomic E-state index is 6.01. The number of hydrogen-bond acceptors (Lipinski definition) is 7. The minimum atomic E-state index is 0.267. The Hall–Kier alpha value is -2.64. The van der Waals surface area contributed by atoms with Gasteiger partial charge >= 0.3 is 0 Å². The predicted molar refractivity (Wildman–Crippen MR) is 109 cm³/mol. The second-order valence-electron chi connectivity index (χ2n) is 7.28. The molecule has 0 radical (unpaired) electrons. The van der Waals surface area contributed by atoms with Crippen LogP contribution in [0.3, 0.4) is 0 Å². The molecule has 28 heavy (non-hydrogen) atoms. The quantitative estimate of drug-likeness (QED) is 0.513. The minimum absolute atomic E-state index is 0.267. The molecule has 0 aliphatic carbocycles. The average molecular weight is 392 g/mol. The first-order valence-electron chi connectivity index (χ1n) is 9.57. The number of benzene rings is 1. The summed E-state index contributed by atoms with van der Waals surface area (Å²) in [7, 11) is 0. The van der Waals surface area contributed by atoms with Gasteiger partial charge in [0.05, 0.1) is 28.3 Å². The second-order valence-corrected chi connectivity index (χ2v) is 8.14. The molecule has 1 unspecified atom stereocenters. The van der Waals surface area contributed by atoms with Crippen LogP contribution in [-0.2, 0) is 6.54 Å². The van der Waals surface area contributed by atoms with Crippen molar-refractivity contribution in [2.24, 2.45) is 0 Å². The van der Waals surface area contributed by atoms with Crippen molar-refractivity contribution in [3.8, 4) is 10.8 Å². The lowest BCUT2D eigenvalue weighted by Crippen LogP contribution is -2.34. The fraction of sp³-hybridized carbons (Fsp3) is 0.333. The molecule has 0 saturated carbocycles. The highest BCUT2D eigenvalue weighted by atomic mass is 32.1. The number of hydrogen-bond donors (Lipinski definition) is 0. The van der Waals surface area contributed by atoms with E-state index in [2.05, 4.69) is 44.3 Å². The van der Waals surface area contributed by atoms with Gasteiger partial charge in [-0.3, -0.25) is 9.88 Å². The molecule has 0 amide bonds. The number of rotatable bonds is 4. The van der Waals surface area contributed by atoms with Crippen molar-refractivity contribution in [2.45, 2.75) is 32.2 Å². The van der Waals surface area contributed by atoms with Crippen molar-refractivity contribution in [1.82, 2.24) is 25.1 Å². The molecule has 3 aromatic heterocycles. The van der Waals surface area contributed by atoms with E-state index in [9.17, 15) is 0 Å². The molecular formula is C21H21N5OS. The maximum atomic E-state index is 6.01.